The maximum atomic E-state index is 11.3. The molecule has 0 radical (unpaired) electrons. The van der Waals surface area contributed by atoms with Crippen LogP contribution in [-0.2, 0) is 4.79 Å². The van der Waals surface area contributed by atoms with Gasteiger partial charge in [-0.15, -0.1) is 0 Å². The Kier molecular flexibility index (Phi) is 6.29. The van der Waals surface area contributed by atoms with Gasteiger partial charge in [0, 0.05) is 25.6 Å². The van der Waals surface area contributed by atoms with Crippen molar-refractivity contribution in [2.45, 2.75) is 57.8 Å². The lowest BCUT2D eigenvalue weighted by Gasteiger charge is -1.99. The number of carbonyl (C=O) groups excluding carboxylic acids is 1. The second kappa shape index (κ2) is 7.72. The molecule has 2 nitrogen and oxygen atoms in total. The number of ketones is 1. The molecule has 0 saturated heterocycles. The number of nitrogens with zero attached hydrogens (tertiary/aromatic N) is 1. The third kappa shape index (κ3) is 5.90. The van der Waals surface area contributed by atoms with Gasteiger partial charge in [0.2, 0.25) is 0 Å². The summed E-state index contributed by atoms with van der Waals surface area (Å²) in [4.78, 5) is 15.5. The van der Waals surface area contributed by atoms with E-state index >= 15 is 0 Å². The fourth-order valence-electron chi connectivity index (χ4n) is 1.77. The maximum Gasteiger partial charge on any atom is 0.138 e. The van der Waals surface area contributed by atoms with Crippen molar-refractivity contribution in [3.05, 3.63) is 0 Å². The highest BCUT2D eigenvalue weighted by molar-refractivity contribution is 5.91. The Balaban J connectivity index is 2.24. The zero-order valence-electron chi connectivity index (χ0n) is 9.00. The number of hydrogen-bond donors (Lipinski definition) is 0. The molecular weight excluding hydrogens is 174 g/mol. The van der Waals surface area contributed by atoms with Crippen LogP contribution in [0.2, 0.25) is 0 Å². The van der Waals surface area contributed by atoms with E-state index in [1.54, 1.807) is 6.21 Å². The normalized spacial score (nSPS) is 22.1. The van der Waals surface area contributed by atoms with E-state index in [9.17, 15) is 4.79 Å². The second-order valence-electron chi connectivity index (χ2n) is 4.06. The molecule has 0 aliphatic carbocycles. The molecule has 0 bridgehead atoms. The topological polar surface area (TPSA) is 29.4 Å². The molecule has 0 aromatic heterocycles. The van der Waals surface area contributed by atoms with Crippen molar-refractivity contribution >= 4 is 12.0 Å². The lowest BCUT2D eigenvalue weighted by molar-refractivity contribution is -0.117. The van der Waals surface area contributed by atoms with Crippen molar-refractivity contribution in [1.29, 1.82) is 0 Å². The van der Waals surface area contributed by atoms with Crippen LogP contribution in [0, 0.1) is 0 Å². The molecule has 0 atom stereocenters. The van der Waals surface area contributed by atoms with Gasteiger partial charge >= 0.3 is 0 Å². The SMILES string of the molecule is O=C1CC=NCCCCCCCCC1. The van der Waals surface area contributed by atoms with Gasteiger partial charge in [-0.2, -0.15) is 0 Å². The summed E-state index contributed by atoms with van der Waals surface area (Å²) in [6, 6.07) is 0. The molecule has 0 unspecified atom stereocenters. The Labute approximate surface area is 86.8 Å². The van der Waals surface area contributed by atoms with E-state index in [1.165, 1.54) is 38.5 Å². The largest absolute Gasteiger partial charge is 0.299 e. The molecule has 80 valence electrons. The predicted octanol–water partition coefficient (Wildman–Crippen LogP) is 3.15. The minimum Gasteiger partial charge on any atom is -0.299 e. The van der Waals surface area contributed by atoms with E-state index in [0.717, 1.165) is 19.4 Å². The molecule has 0 N–H and O–H groups in total. The van der Waals surface area contributed by atoms with Gasteiger partial charge in [-0.25, -0.2) is 0 Å². The minimum atomic E-state index is 0.355. The third-order valence-electron chi connectivity index (χ3n) is 2.69. The van der Waals surface area contributed by atoms with Gasteiger partial charge in [0.1, 0.15) is 5.78 Å². The average molecular weight is 195 g/mol. The summed E-state index contributed by atoms with van der Waals surface area (Å²) in [5.74, 6) is 0.355. The summed E-state index contributed by atoms with van der Waals surface area (Å²) >= 11 is 0. The number of aliphatic imine (C=N–C) groups is 1. The van der Waals surface area contributed by atoms with Gasteiger partial charge in [-0.05, 0) is 12.8 Å². The predicted molar refractivity (Wildman–Crippen MR) is 59.9 cm³/mol. The van der Waals surface area contributed by atoms with Crippen molar-refractivity contribution in [3.63, 3.8) is 0 Å². The summed E-state index contributed by atoms with van der Waals surface area (Å²) in [5, 5.41) is 0. The molecule has 0 aromatic rings. The highest BCUT2D eigenvalue weighted by Gasteiger charge is 2.00. The molecule has 1 aliphatic heterocycles. The summed E-state index contributed by atoms with van der Waals surface area (Å²) in [5.41, 5.74) is 0. The quantitative estimate of drug-likeness (QED) is 0.584. The molecular formula is C12H21NO. The molecule has 1 aliphatic rings. The van der Waals surface area contributed by atoms with Crippen LogP contribution in [0.15, 0.2) is 4.99 Å². The van der Waals surface area contributed by atoms with E-state index in [-0.39, 0.29) is 0 Å². The van der Waals surface area contributed by atoms with E-state index in [0.29, 0.717) is 12.2 Å². The number of Topliss-reactive ketones (excluding diaryl/α,β-unsaturated/α-hetero) is 1. The summed E-state index contributed by atoms with van der Waals surface area (Å²) in [6.07, 6.45) is 11.9. The second-order valence-corrected chi connectivity index (χ2v) is 4.06. The maximum absolute atomic E-state index is 11.3. The van der Waals surface area contributed by atoms with Gasteiger partial charge in [0.25, 0.3) is 0 Å². The standard InChI is InChI=1S/C12H21NO/c14-12-8-6-4-2-1-3-5-7-10-13-11-9-12/h11H,1-10H2. The zero-order chi connectivity index (χ0) is 10.1. The Bertz CT molecular complexity index is 187. The monoisotopic (exact) mass is 195 g/mol. The molecule has 14 heavy (non-hydrogen) atoms. The smallest absolute Gasteiger partial charge is 0.138 e. The van der Waals surface area contributed by atoms with Crippen molar-refractivity contribution in [2.75, 3.05) is 6.54 Å². The highest BCUT2D eigenvalue weighted by Crippen LogP contribution is 2.09. The van der Waals surface area contributed by atoms with Crippen molar-refractivity contribution in [1.82, 2.24) is 0 Å². The zero-order valence-corrected chi connectivity index (χ0v) is 9.00. The number of carbonyl (C=O) groups is 1. The minimum absolute atomic E-state index is 0.355. The van der Waals surface area contributed by atoms with Gasteiger partial charge in [-0.3, -0.25) is 9.79 Å². The van der Waals surface area contributed by atoms with Crippen LogP contribution >= 0.6 is 0 Å². The Morgan fingerprint density at radius 2 is 1.57 bits per heavy atom. The van der Waals surface area contributed by atoms with E-state index in [2.05, 4.69) is 4.99 Å². The Hall–Kier alpha value is -0.660. The summed E-state index contributed by atoms with van der Waals surface area (Å²) < 4.78 is 0. The van der Waals surface area contributed by atoms with Gasteiger partial charge < -0.3 is 0 Å². The first-order valence-electron chi connectivity index (χ1n) is 5.89. The first-order chi connectivity index (χ1) is 6.89. The van der Waals surface area contributed by atoms with Crippen LogP contribution in [0.25, 0.3) is 0 Å². The summed E-state index contributed by atoms with van der Waals surface area (Å²) in [7, 11) is 0. The van der Waals surface area contributed by atoms with Crippen LogP contribution in [-0.4, -0.2) is 18.5 Å². The Morgan fingerprint density at radius 1 is 0.929 bits per heavy atom. The van der Waals surface area contributed by atoms with E-state index in [4.69, 9.17) is 0 Å². The molecule has 1 rings (SSSR count). The lowest BCUT2D eigenvalue weighted by Crippen LogP contribution is -1.98. The van der Waals surface area contributed by atoms with Crippen LogP contribution in [0.1, 0.15) is 57.8 Å². The van der Waals surface area contributed by atoms with Crippen molar-refractivity contribution < 1.29 is 4.79 Å². The van der Waals surface area contributed by atoms with E-state index in [1.807, 2.05) is 0 Å². The van der Waals surface area contributed by atoms with Gasteiger partial charge in [0.05, 0.1) is 0 Å². The molecule has 2 heteroatoms. The van der Waals surface area contributed by atoms with Gasteiger partial charge in [-0.1, -0.05) is 32.1 Å². The molecule has 1 heterocycles. The van der Waals surface area contributed by atoms with Crippen LogP contribution in [0.4, 0.5) is 0 Å². The van der Waals surface area contributed by atoms with E-state index < -0.39 is 0 Å². The van der Waals surface area contributed by atoms with Crippen LogP contribution < -0.4 is 0 Å². The number of hydrogen-bond acceptors (Lipinski definition) is 2. The van der Waals surface area contributed by atoms with Crippen LogP contribution in [0.5, 0.6) is 0 Å². The van der Waals surface area contributed by atoms with Crippen molar-refractivity contribution in [3.8, 4) is 0 Å². The first kappa shape index (κ1) is 11.4. The third-order valence-corrected chi connectivity index (χ3v) is 2.69. The van der Waals surface area contributed by atoms with Crippen LogP contribution in [0.3, 0.4) is 0 Å². The first-order valence-corrected chi connectivity index (χ1v) is 5.89. The molecule has 0 amide bonds. The lowest BCUT2D eigenvalue weighted by atomic mass is 10.1. The van der Waals surface area contributed by atoms with Gasteiger partial charge in [0.15, 0.2) is 0 Å². The molecule has 0 fully saturated rings. The number of rotatable bonds is 0. The molecule has 0 saturated carbocycles. The fourth-order valence-corrected chi connectivity index (χ4v) is 1.77. The summed E-state index contributed by atoms with van der Waals surface area (Å²) in [6.45, 7) is 0.910. The van der Waals surface area contributed by atoms with Crippen molar-refractivity contribution in [2.24, 2.45) is 4.99 Å². The fraction of sp³-hybridized carbons (Fsp3) is 0.833. The highest BCUT2D eigenvalue weighted by atomic mass is 16.1. The molecule has 0 spiro atoms. The average Bonchev–Trinajstić information content (AvgIpc) is 2.20. The Morgan fingerprint density at radius 3 is 2.36 bits per heavy atom. The molecule has 0 aromatic carbocycles.